The first kappa shape index (κ1) is 26.1. The molecule has 0 spiro atoms. The average Bonchev–Trinajstić information content (AvgIpc) is 3.57. The number of alkyl halides is 2. The summed E-state index contributed by atoms with van der Waals surface area (Å²) in [6, 6.07) is 6.40. The van der Waals surface area contributed by atoms with Crippen LogP contribution < -0.4 is 10.1 Å². The Bertz CT molecular complexity index is 1580. The van der Waals surface area contributed by atoms with E-state index in [1.807, 2.05) is 4.90 Å². The van der Waals surface area contributed by atoms with Crippen molar-refractivity contribution in [2.24, 2.45) is 0 Å². The maximum absolute atomic E-state index is 13.4. The Hall–Kier alpha value is -4.10. The fourth-order valence-corrected chi connectivity index (χ4v) is 5.64. The lowest BCUT2D eigenvalue weighted by Gasteiger charge is -2.38. The van der Waals surface area contributed by atoms with Gasteiger partial charge in [-0.25, -0.2) is 9.50 Å². The summed E-state index contributed by atoms with van der Waals surface area (Å²) in [5.74, 6) is -0.892. The summed E-state index contributed by atoms with van der Waals surface area (Å²) in [6.07, 6.45) is 6.53. The number of amides is 2. The van der Waals surface area contributed by atoms with E-state index in [4.69, 9.17) is 16.3 Å². The zero-order chi connectivity index (χ0) is 28.0. The molecule has 2 atom stereocenters. The second-order valence-electron chi connectivity index (χ2n) is 9.87. The van der Waals surface area contributed by atoms with Crippen LogP contribution in [0.4, 0.5) is 14.5 Å². The van der Waals surface area contributed by atoms with E-state index in [0.717, 1.165) is 12.8 Å². The largest absolute Gasteiger partial charge is 0.434 e. The van der Waals surface area contributed by atoms with Gasteiger partial charge in [-0.05, 0) is 44.2 Å². The van der Waals surface area contributed by atoms with Gasteiger partial charge in [-0.3, -0.25) is 19.6 Å². The molecule has 2 fully saturated rings. The Kier molecular flexibility index (Phi) is 6.84. The van der Waals surface area contributed by atoms with Gasteiger partial charge < -0.3 is 15.0 Å². The zero-order valence-corrected chi connectivity index (χ0v) is 22.1. The van der Waals surface area contributed by atoms with Gasteiger partial charge in [0.1, 0.15) is 17.0 Å². The number of rotatable bonds is 7. The van der Waals surface area contributed by atoms with E-state index in [0.29, 0.717) is 36.5 Å². The zero-order valence-electron chi connectivity index (χ0n) is 21.4. The molecule has 40 heavy (non-hydrogen) atoms. The van der Waals surface area contributed by atoms with Crippen LogP contribution >= 0.6 is 11.6 Å². The molecule has 6 rings (SSSR count). The van der Waals surface area contributed by atoms with E-state index in [-0.39, 0.29) is 45.6 Å². The van der Waals surface area contributed by atoms with Crippen molar-refractivity contribution < 1.29 is 23.1 Å². The number of likely N-dealkylation sites (tertiary alicyclic amines) is 1. The highest BCUT2D eigenvalue weighted by Gasteiger charge is 2.39. The quantitative estimate of drug-likeness (QED) is 0.349. The van der Waals surface area contributed by atoms with Gasteiger partial charge in [-0.2, -0.15) is 19.0 Å². The third-order valence-electron chi connectivity index (χ3n) is 7.54. The number of aromatic nitrogens is 5. The molecule has 0 aliphatic carbocycles. The number of likely N-dealkylation sites (N-methyl/N-ethyl adjacent to an activating group) is 1. The molecule has 0 unspecified atom stereocenters. The summed E-state index contributed by atoms with van der Waals surface area (Å²) in [7, 11) is 2.08. The minimum Gasteiger partial charge on any atom is -0.434 e. The fourth-order valence-electron chi connectivity index (χ4n) is 5.47. The van der Waals surface area contributed by atoms with Crippen molar-refractivity contribution >= 4 is 34.7 Å². The van der Waals surface area contributed by atoms with Crippen LogP contribution in [0, 0.1) is 0 Å². The number of anilines is 1. The first-order valence-corrected chi connectivity index (χ1v) is 13.1. The Labute approximate surface area is 232 Å². The summed E-state index contributed by atoms with van der Waals surface area (Å²) in [6.45, 7) is -1.87. The lowest BCUT2D eigenvalue weighted by molar-refractivity contribution is -0.133. The molecular formula is C26H25ClF2N8O3. The lowest BCUT2D eigenvalue weighted by atomic mass is 10.1. The molecule has 11 nitrogen and oxygen atoms in total. The second kappa shape index (κ2) is 10.5. The Balaban J connectivity index is 1.36. The van der Waals surface area contributed by atoms with E-state index >= 15 is 0 Å². The molecule has 2 N–H and O–H groups in total. The maximum atomic E-state index is 13.4. The van der Waals surface area contributed by atoms with Crippen molar-refractivity contribution in [3.63, 3.8) is 0 Å². The maximum Gasteiger partial charge on any atom is 0.387 e. The van der Waals surface area contributed by atoms with E-state index in [1.165, 1.54) is 35.1 Å². The van der Waals surface area contributed by atoms with Gasteiger partial charge in [-0.15, -0.1) is 0 Å². The average molecular weight is 571 g/mol. The van der Waals surface area contributed by atoms with Crippen molar-refractivity contribution in [1.82, 2.24) is 34.6 Å². The standard InChI is InChI=1S/C26H25ClF2N8O3/c1-35-15-4-5-16(35)13-36(12-15)21(38)10-19-23(32-25(39)18-11-31-37-8-2-7-30-24(18)37)22(34-33-19)17-9-14(27)3-6-20(17)40-26(28)29/h2-3,6-9,11,15-16,26H,4-5,10,12-13H2,1H3,(H,32,39)(H,33,34)/t15-,16+. The number of carbonyl (C=O) groups excluding carboxylic acids is 2. The Morgan fingerprint density at radius 1 is 1.25 bits per heavy atom. The summed E-state index contributed by atoms with van der Waals surface area (Å²) in [5.41, 5.74) is 1.17. The van der Waals surface area contributed by atoms with E-state index < -0.39 is 12.5 Å². The second-order valence-corrected chi connectivity index (χ2v) is 10.3. The number of ether oxygens (including phenoxy) is 1. The number of fused-ring (bicyclic) bond motifs is 3. The molecule has 2 saturated heterocycles. The molecule has 1 aromatic carbocycles. The molecule has 2 amide bonds. The lowest BCUT2D eigenvalue weighted by Crippen LogP contribution is -2.54. The molecule has 2 aliphatic heterocycles. The number of aromatic amines is 1. The summed E-state index contributed by atoms with van der Waals surface area (Å²) in [5, 5.41) is 14.3. The van der Waals surface area contributed by atoms with Crippen LogP contribution in [0.15, 0.2) is 42.9 Å². The number of nitrogens with one attached hydrogen (secondary N) is 2. The highest BCUT2D eigenvalue weighted by molar-refractivity contribution is 6.31. The first-order valence-electron chi connectivity index (χ1n) is 12.7. The van der Waals surface area contributed by atoms with Crippen LogP contribution in [-0.4, -0.2) is 85.2 Å². The predicted molar refractivity (Wildman–Crippen MR) is 141 cm³/mol. The highest BCUT2D eigenvalue weighted by atomic mass is 35.5. The Morgan fingerprint density at radius 3 is 2.77 bits per heavy atom. The van der Waals surface area contributed by atoms with Crippen LogP contribution in [0.25, 0.3) is 16.9 Å². The minimum absolute atomic E-state index is 0.0929. The first-order chi connectivity index (χ1) is 19.3. The third-order valence-corrected chi connectivity index (χ3v) is 7.78. The van der Waals surface area contributed by atoms with Crippen molar-refractivity contribution in [3.8, 4) is 17.0 Å². The molecule has 4 aromatic rings. The molecule has 2 bridgehead atoms. The summed E-state index contributed by atoms with van der Waals surface area (Å²) < 4.78 is 32.6. The number of hydrogen-bond donors (Lipinski definition) is 2. The number of H-pyrrole nitrogens is 1. The number of benzene rings is 1. The number of hydrogen-bond acceptors (Lipinski definition) is 7. The van der Waals surface area contributed by atoms with Crippen LogP contribution in [-0.2, 0) is 11.2 Å². The van der Waals surface area contributed by atoms with Gasteiger partial charge in [-0.1, -0.05) is 11.6 Å². The van der Waals surface area contributed by atoms with Crippen molar-refractivity contribution in [2.45, 2.75) is 38.0 Å². The highest BCUT2D eigenvalue weighted by Crippen LogP contribution is 2.38. The van der Waals surface area contributed by atoms with Gasteiger partial charge in [0.25, 0.3) is 5.91 Å². The normalized spacial score (nSPS) is 19.0. The van der Waals surface area contributed by atoms with Gasteiger partial charge in [0.05, 0.1) is 24.0 Å². The number of nitrogens with zero attached hydrogens (tertiary/aromatic N) is 6. The van der Waals surface area contributed by atoms with E-state index in [1.54, 1.807) is 12.3 Å². The molecule has 5 heterocycles. The number of carbonyl (C=O) groups is 2. The SMILES string of the molecule is CN1[C@@H]2CC[C@H]1CN(C(=O)Cc1[nH]nc(-c3cc(Cl)ccc3OC(F)F)c1NC(=O)c1cnn3cccnc13)C2. The van der Waals surface area contributed by atoms with Crippen molar-refractivity contribution in [2.75, 3.05) is 25.5 Å². The van der Waals surface area contributed by atoms with Crippen molar-refractivity contribution in [3.05, 3.63) is 59.1 Å². The van der Waals surface area contributed by atoms with Crippen LogP contribution in [0.2, 0.25) is 5.02 Å². The molecule has 0 radical (unpaired) electrons. The van der Waals surface area contributed by atoms with E-state index in [9.17, 15) is 18.4 Å². The minimum atomic E-state index is -3.10. The predicted octanol–water partition coefficient (Wildman–Crippen LogP) is 3.47. The van der Waals surface area contributed by atoms with Crippen LogP contribution in [0.5, 0.6) is 5.75 Å². The molecule has 0 saturated carbocycles. The van der Waals surface area contributed by atoms with Gasteiger partial charge >= 0.3 is 6.61 Å². The molecular weight excluding hydrogens is 546 g/mol. The van der Waals surface area contributed by atoms with Crippen LogP contribution in [0.3, 0.4) is 0 Å². The van der Waals surface area contributed by atoms with Gasteiger partial charge in [0.15, 0.2) is 5.65 Å². The molecule has 14 heteroatoms. The molecule has 2 aliphatic rings. The van der Waals surface area contributed by atoms with Gasteiger partial charge in [0, 0.05) is 48.2 Å². The van der Waals surface area contributed by atoms with Gasteiger partial charge in [0.2, 0.25) is 5.91 Å². The third kappa shape index (κ3) is 4.86. The summed E-state index contributed by atoms with van der Waals surface area (Å²) >= 11 is 6.19. The number of halogens is 3. The van der Waals surface area contributed by atoms with E-state index in [2.05, 4.69) is 37.5 Å². The Morgan fingerprint density at radius 2 is 2.02 bits per heavy atom. The fraction of sp³-hybridized carbons (Fsp3) is 0.346. The topological polar surface area (TPSA) is 121 Å². The van der Waals surface area contributed by atoms with Crippen LogP contribution in [0.1, 0.15) is 28.9 Å². The molecule has 3 aromatic heterocycles. The molecule has 208 valence electrons. The van der Waals surface area contributed by atoms with Crippen molar-refractivity contribution in [1.29, 1.82) is 0 Å². The smallest absolute Gasteiger partial charge is 0.387 e. The summed E-state index contributed by atoms with van der Waals surface area (Å²) in [4.78, 5) is 35.2. The number of piperazine rings is 1. The monoisotopic (exact) mass is 570 g/mol.